The lowest BCUT2D eigenvalue weighted by molar-refractivity contribution is 0.217. The molecule has 0 atom stereocenters. The van der Waals surface area contributed by atoms with E-state index in [-0.39, 0.29) is 0 Å². The average molecular weight is 311 g/mol. The lowest BCUT2D eigenvalue weighted by atomic mass is 10.2. The summed E-state index contributed by atoms with van der Waals surface area (Å²) in [5, 5.41) is 1.04. The van der Waals surface area contributed by atoms with Gasteiger partial charge in [-0.1, -0.05) is 40.9 Å². The van der Waals surface area contributed by atoms with Gasteiger partial charge in [0.1, 0.15) is 19.0 Å². The van der Waals surface area contributed by atoms with Gasteiger partial charge in [0.2, 0.25) is 0 Å². The van der Waals surface area contributed by atoms with Gasteiger partial charge in [0, 0.05) is 0 Å². The summed E-state index contributed by atoms with van der Waals surface area (Å²) in [5.41, 5.74) is 2.20. The Morgan fingerprint density at radius 1 is 0.800 bits per heavy atom. The Labute approximate surface area is 129 Å². The highest BCUT2D eigenvalue weighted by molar-refractivity contribution is 6.37. The molecule has 0 saturated carbocycles. The second-order valence-electron chi connectivity index (χ2n) is 4.57. The minimum Gasteiger partial charge on any atom is -0.490 e. The first-order valence-corrected chi connectivity index (χ1v) is 7.10. The predicted octanol–water partition coefficient (Wildman–Crippen LogP) is 5.07. The smallest absolute Gasteiger partial charge is 0.156 e. The lowest BCUT2D eigenvalue weighted by Crippen LogP contribution is -2.09. The van der Waals surface area contributed by atoms with Crippen molar-refractivity contribution < 1.29 is 9.47 Å². The monoisotopic (exact) mass is 310 g/mol. The molecule has 2 nitrogen and oxygen atoms in total. The Hall–Kier alpha value is -1.38. The van der Waals surface area contributed by atoms with Gasteiger partial charge in [0.15, 0.2) is 5.75 Å². The van der Waals surface area contributed by atoms with E-state index in [4.69, 9.17) is 32.7 Å². The van der Waals surface area contributed by atoms with Crippen molar-refractivity contribution in [3.8, 4) is 11.5 Å². The Morgan fingerprint density at radius 3 is 1.95 bits per heavy atom. The standard InChI is InChI=1S/C16H16Cl2O2/c1-11-3-5-13(6-4-11)19-7-8-20-16-14(17)9-12(2)10-15(16)18/h3-6,9-10H,7-8H2,1-2H3. The van der Waals surface area contributed by atoms with Crippen LogP contribution in [0.4, 0.5) is 0 Å². The summed E-state index contributed by atoms with van der Waals surface area (Å²) in [6.07, 6.45) is 0. The number of hydrogen-bond acceptors (Lipinski definition) is 2. The van der Waals surface area contributed by atoms with Crippen molar-refractivity contribution in [3.05, 3.63) is 57.6 Å². The van der Waals surface area contributed by atoms with Crippen molar-refractivity contribution >= 4 is 23.2 Å². The van der Waals surface area contributed by atoms with Crippen LogP contribution in [0.5, 0.6) is 11.5 Å². The molecule has 106 valence electrons. The molecule has 0 N–H and O–H groups in total. The van der Waals surface area contributed by atoms with Crippen LogP contribution in [0.2, 0.25) is 10.0 Å². The Balaban J connectivity index is 1.86. The maximum Gasteiger partial charge on any atom is 0.156 e. The molecule has 4 heteroatoms. The first-order valence-electron chi connectivity index (χ1n) is 6.34. The van der Waals surface area contributed by atoms with Gasteiger partial charge in [-0.15, -0.1) is 0 Å². The van der Waals surface area contributed by atoms with Crippen LogP contribution in [-0.2, 0) is 0 Å². The molecule has 2 aromatic carbocycles. The summed E-state index contributed by atoms with van der Waals surface area (Å²) in [6, 6.07) is 11.5. The van der Waals surface area contributed by atoms with Crippen LogP contribution >= 0.6 is 23.2 Å². The second kappa shape index (κ2) is 6.87. The van der Waals surface area contributed by atoms with E-state index in [9.17, 15) is 0 Å². The fourth-order valence-corrected chi connectivity index (χ4v) is 2.47. The van der Waals surface area contributed by atoms with E-state index in [0.717, 1.165) is 11.3 Å². The van der Waals surface area contributed by atoms with Gasteiger partial charge in [-0.3, -0.25) is 0 Å². The van der Waals surface area contributed by atoms with Gasteiger partial charge < -0.3 is 9.47 Å². The van der Waals surface area contributed by atoms with Gasteiger partial charge >= 0.3 is 0 Å². The van der Waals surface area contributed by atoms with E-state index < -0.39 is 0 Å². The van der Waals surface area contributed by atoms with Crippen molar-refractivity contribution in [1.29, 1.82) is 0 Å². The fraction of sp³-hybridized carbons (Fsp3) is 0.250. The van der Waals surface area contributed by atoms with Gasteiger partial charge in [-0.05, 0) is 43.7 Å². The van der Waals surface area contributed by atoms with Crippen LogP contribution in [0.15, 0.2) is 36.4 Å². The Morgan fingerprint density at radius 2 is 1.35 bits per heavy atom. The van der Waals surface area contributed by atoms with Gasteiger partial charge in [-0.25, -0.2) is 0 Å². The van der Waals surface area contributed by atoms with Crippen LogP contribution < -0.4 is 9.47 Å². The summed E-state index contributed by atoms with van der Waals surface area (Å²) in [5.74, 6) is 1.33. The van der Waals surface area contributed by atoms with Crippen LogP contribution in [0, 0.1) is 13.8 Å². The maximum absolute atomic E-state index is 6.10. The molecule has 0 aromatic heterocycles. The number of benzene rings is 2. The molecule has 2 aromatic rings. The maximum atomic E-state index is 6.10. The van der Waals surface area contributed by atoms with Crippen LogP contribution in [0.25, 0.3) is 0 Å². The zero-order valence-corrected chi connectivity index (χ0v) is 13.0. The molecule has 0 aliphatic carbocycles. The molecule has 0 saturated heterocycles. The number of ether oxygens (including phenoxy) is 2. The van der Waals surface area contributed by atoms with Crippen LogP contribution in [0.3, 0.4) is 0 Å². The third-order valence-electron chi connectivity index (χ3n) is 2.76. The second-order valence-corrected chi connectivity index (χ2v) is 5.38. The van der Waals surface area contributed by atoms with Crippen LogP contribution in [0.1, 0.15) is 11.1 Å². The lowest BCUT2D eigenvalue weighted by Gasteiger charge is -2.11. The normalized spacial score (nSPS) is 10.4. The summed E-state index contributed by atoms with van der Waals surface area (Å²) in [4.78, 5) is 0. The van der Waals surface area contributed by atoms with E-state index in [2.05, 4.69) is 0 Å². The fourth-order valence-electron chi connectivity index (χ4n) is 1.76. The van der Waals surface area contributed by atoms with E-state index in [1.54, 1.807) is 0 Å². The topological polar surface area (TPSA) is 18.5 Å². The van der Waals surface area contributed by atoms with Crippen LogP contribution in [-0.4, -0.2) is 13.2 Å². The van der Waals surface area contributed by atoms with E-state index >= 15 is 0 Å². The molecule has 0 unspecified atom stereocenters. The highest BCUT2D eigenvalue weighted by Crippen LogP contribution is 2.33. The van der Waals surface area contributed by atoms with Gasteiger partial charge in [-0.2, -0.15) is 0 Å². The number of halogens is 2. The summed E-state index contributed by atoms with van der Waals surface area (Å²) < 4.78 is 11.2. The van der Waals surface area contributed by atoms with Gasteiger partial charge in [0.05, 0.1) is 10.0 Å². The summed E-state index contributed by atoms with van der Waals surface area (Å²) in [7, 11) is 0. The molecule has 0 aliphatic heterocycles. The first kappa shape index (κ1) is 15.0. The molecule has 0 fully saturated rings. The summed E-state index contributed by atoms with van der Waals surface area (Å²) >= 11 is 12.2. The van der Waals surface area contributed by atoms with E-state index in [1.165, 1.54) is 5.56 Å². The molecule has 0 radical (unpaired) electrons. The van der Waals surface area contributed by atoms with Crippen molar-refractivity contribution in [2.75, 3.05) is 13.2 Å². The van der Waals surface area contributed by atoms with E-state index in [0.29, 0.717) is 29.0 Å². The highest BCUT2D eigenvalue weighted by atomic mass is 35.5. The predicted molar refractivity (Wildman–Crippen MR) is 83.4 cm³/mol. The molecule has 0 amide bonds. The quantitative estimate of drug-likeness (QED) is 0.718. The zero-order chi connectivity index (χ0) is 14.5. The SMILES string of the molecule is Cc1ccc(OCCOc2c(Cl)cc(C)cc2Cl)cc1. The minimum absolute atomic E-state index is 0.385. The average Bonchev–Trinajstić information content (AvgIpc) is 2.39. The largest absolute Gasteiger partial charge is 0.490 e. The van der Waals surface area contributed by atoms with Crippen molar-refractivity contribution in [2.45, 2.75) is 13.8 Å². The molecule has 2 rings (SSSR count). The Bertz CT molecular complexity index is 557. The minimum atomic E-state index is 0.385. The third-order valence-corrected chi connectivity index (χ3v) is 3.32. The number of rotatable bonds is 5. The molecule has 0 heterocycles. The molecule has 20 heavy (non-hydrogen) atoms. The molecular weight excluding hydrogens is 295 g/mol. The molecule has 0 bridgehead atoms. The molecular formula is C16H16Cl2O2. The van der Waals surface area contributed by atoms with E-state index in [1.807, 2.05) is 50.2 Å². The number of hydrogen-bond donors (Lipinski definition) is 0. The third kappa shape index (κ3) is 4.06. The highest BCUT2D eigenvalue weighted by Gasteiger charge is 2.08. The first-order chi connectivity index (χ1) is 9.56. The summed E-state index contributed by atoms with van der Waals surface area (Å²) in [6.45, 7) is 4.79. The van der Waals surface area contributed by atoms with Crippen molar-refractivity contribution in [1.82, 2.24) is 0 Å². The van der Waals surface area contributed by atoms with Gasteiger partial charge in [0.25, 0.3) is 0 Å². The zero-order valence-electron chi connectivity index (χ0n) is 11.5. The Kier molecular flexibility index (Phi) is 5.16. The van der Waals surface area contributed by atoms with Crippen molar-refractivity contribution in [2.24, 2.45) is 0 Å². The molecule has 0 aliphatic rings. The van der Waals surface area contributed by atoms with Crippen molar-refractivity contribution in [3.63, 3.8) is 0 Å². The number of aryl methyl sites for hydroxylation is 2. The molecule has 0 spiro atoms.